The first-order valence-electron chi connectivity index (χ1n) is 26.5. The van der Waals surface area contributed by atoms with Crippen LogP contribution in [0.4, 0.5) is 34.1 Å². The fourth-order valence-corrected chi connectivity index (χ4v) is 12.1. The molecule has 2 heteroatoms. The molecule has 1 aliphatic carbocycles. The van der Waals surface area contributed by atoms with E-state index in [2.05, 4.69) is 289 Å². The minimum absolute atomic E-state index is 1.07. The SMILES string of the molecule is C1=Cc2cc(-c3ccc4c(N(c5ccc6ccccc6c5)c5ccc6ccccc6c5)c5cc(-c6ccc7ccccc7c6)ccc5c(N(c5ccc6ccccc6c5)c5ccc6ccccc6c5)c4c3)ccc2CC1. The van der Waals surface area contributed by atoms with E-state index in [1.54, 1.807) is 0 Å². The van der Waals surface area contributed by atoms with Gasteiger partial charge in [-0.2, -0.15) is 0 Å². The van der Waals surface area contributed by atoms with Crippen molar-refractivity contribution in [3.05, 3.63) is 284 Å². The molecule has 14 aromatic carbocycles. The Balaban J connectivity index is 1.11. The average molecular weight is 967 g/mol. The first-order chi connectivity index (χ1) is 37.6. The number of aryl methyl sites for hydroxylation is 1. The highest BCUT2D eigenvalue weighted by Crippen LogP contribution is 2.53. The Morgan fingerprint density at radius 2 is 0.579 bits per heavy atom. The highest BCUT2D eigenvalue weighted by Gasteiger charge is 2.27. The number of nitrogens with zero attached hydrogens (tertiary/aromatic N) is 2. The molecule has 1 aliphatic rings. The van der Waals surface area contributed by atoms with Crippen molar-refractivity contribution in [3.8, 4) is 22.3 Å². The lowest BCUT2D eigenvalue weighted by molar-refractivity contribution is 0.986. The second kappa shape index (κ2) is 18.0. The highest BCUT2D eigenvalue weighted by molar-refractivity contribution is 6.25. The Labute approximate surface area is 442 Å². The Kier molecular flexibility index (Phi) is 10.4. The maximum atomic E-state index is 2.54. The molecule has 0 atom stereocenters. The summed E-state index contributed by atoms with van der Waals surface area (Å²) in [7, 11) is 0. The maximum Gasteiger partial charge on any atom is 0.0620 e. The molecule has 15 rings (SSSR count). The van der Waals surface area contributed by atoms with Gasteiger partial charge in [-0.15, -0.1) is 0 Å². The van der Waals surface area contributed by atoms with Crippen LogP contribution in [-0.2, 0) is 6.42 Å². The largest absolute Gasteiger partial charge is 0.309 e. The number of benzene rings is 14. The predicted octanol–water partition coefficient (Wildman–Crippen LogP) is 21.0. The van der Waals surface area contributed by atoms with Gasteiger partial charge in [-0.05, 0) is 173 Å². The van der Waals surface area contributed by atoms with Crippen molar-refractivity contribution >= 4 is 116 Å². The van der Waals surface area contributed by atoms with E-state index in [-0.39, 0.29) is 0 Å². The third-order valence-corrected chi connectivity index (χ3v) is 15.9. The van der Waals surface area contributed by atoms with Gasteiger partial charge in [0.25, 0.3) is 0 Å². The van der Waals surface area contributed by atoms with Crippen molar-refractivity contribution in [3.63, 3.8) is 0 Å². The molecule has 2 nitrogen and oxygen atoms in total. The van der Waals surface area contributed by atoms with Crippen LogP contribution in [0.1, 0.15) is 17.5 Å². The molecule has 0 saturated heterocycles. The molecule has 0 saturated carbocycles. The second-order valence-electron chi connectivity index (χ2n) is 20.4. The minimum Gasteiger partial charge on any atom is -0.309 e. The summed E-state index contributed by atoms with van der Waals surface area (Å²) in [6.45, 7) is 0. The van der Waals surface area contributed by atoms with Crippen LogP contribution < -0.4 is 9.80 Å². The van der Waals surface area contributed by atoms with Gasteiger partial charge in [-0.3, -0.25) is 0 Å². The monoisotopic (exact) mass is 966 g/mol. The van der Waals surface area contributed by atoms with Gasteiger partial charge in [0.15, 0.2) is 0 Å². The predicted molar refractivity (Wildman–Crippen MR) is 327 cm³/mol. The van der Waals surface area contributed by atoms with E-state index in [1.807, 2.05) is 0 Å². The molecule has 0 aliphatic heterocycles. The van der Waals surface area contributed by atoms with Gasteiger partial charge in [0.05, 0.1) is 11.4 Å². The zero-order valence-corrected chi connectivity index (χ0v) is 41.9. The van der Waals surface area contributed by atoms with Crippen LogP contribution in [0.5, 0.6) is 0 Å². The Hall–Kier alpha value is -9.76. The summed E-state index contributed by atoms with van der Waals surface area (Å²) in [5, 5.41) is 16.6. The van der Waals surface area contributed by atoms with E-state index < -0.39 is 0 Å². The molecule has 0 heterocycles. The molecule has 356 valence electrons. The third-order valence-electron chi connectivity index (χ3n) is 15.9. The Morgan fingerprint density at radius 1 is 0.250 bits per heavy atom. The second-order valence-corrected chi connectivity index (χ2v) is 20.4. The van der Waals surface area contributed by atoms with Crippen LogP contribution in [0.25, 0.3) is 104 Å². The van der Waals surface area contributed by atoms with Crippen molar-refractivity contribution in [1.82, 2.24) is 0 Å². The lowest BCUT2D eigenvalue weighted by Crippen LogP contribution is -2.15. The lowest BCUT2D eigenvalue weighted by atomic mass is 9.89. The smallest absolute Gasteiger partial charge is 0.0620 e. The van der Waals surface area contributed by atoms with Crippen LogP contribution in [0.3, 0.4) is 0 Å². The summed E-state index contributed by atoms with van der Waals surface area (Å²) in [5.41, 5.74) is 14.0. The molecular formula is C74H50N2. The first kappa shape index (κ1) is 43.8. The molecule has 0 aromatic heterocycles. The van der Waals surface area contributed by atoms with Crippen LogP contribution in [0.15, 0.2) is 273 Å². The van der Waals surface area contributed by atoms with E-state index in [0.29, 0.717) is 0 Å². The normalized spacial score (nSPS) is 12.3. The van der Waals surface area contributed by atoms with E-state index in [4.69, 9.17) is 0 Å². The van der Waals surface area contributed by atoms with Gasteiger partial charge in [-0.1, -0.05) is 206 Å². The van der Waals surface area contributed by atoms with Gasteiger partial charge < -0.3 is 9.80 Å². The van der Waals surface area contributed by atoms with Gasteiger partial charge in [0, 0.05) is 44.3 Å². The summed E-state index contributed by atoms with van der Waals surface area (Å²) >= 11 is 0. The number of fused-ring (bicyclic) bond motifs is 8. The van der Waals surface area contributed by atoms with Crippen LogP contribution in [0.2, 0.25) is 0 Å². The molecule has 76 heavy (non-hydrogen) atoms. The molecule has 0 fully saturated rings. The number of rotatable bonds is 8. The molecule has 14 aromatic rings. The van der Waals surface area contributed by atoms with E-state index in [0.717, 1.165) is 74.1 Å². The van der Waals surface area contributed by atoms with Crippen molar-refractivity contribution in [2.45, 2.75) is 12.8 Å². The van der Waals surface area contributed by atoms with Crippen molar-refractivity contribution in [2.75, 3.05) is 9.80 Å². The van der Waals surface area contributed by atoms with E-state index in [9.17, 15) is 0 Å². The fourth-order valence-electron chi connectivity index (χ4n) is 12.1. The number of anilines is 6. The zero-order valence-electron chi connectivity index (χ0n) is 41.9. The quantitative estimate of drug-likeness (QED) is 0.111. The molecule has 0 unspecified atom stereocenters. The number of hydrogen-bond acceptors (Lipinski definition) is 2. The Morgan fingerprint density at radius 3 is 1.00 bits per heavy atom. The highest BCUT2D eigenvalue weighted by atomic mass is 15.2. The summed E-state index contributed by atoms with van der Waals surface area (Å²) in [5.74, 6) is 0. The summed E-state index contributed by atoms with van der Waals surface area (Å²) in [6, 6.07) is 99.8. The summed E-state index contributed by atoms with van der Waals surface area (Å²) in [4.78, 5) is 5.08. The van der Waals surface area contributed by atoms with Crippen LogP contribution >= 0.6 is 0 Å². The molecule has 0 radical (unpaired) electrons. The van der Waals surface area contributed by atoms with Gasteiger partial charge in [0.2, 0.25) is 0 Å². The van der Waals surface area contributed by atoms with Crippen molar-refractivity contribution < 1.29 is 0 Å². The first-order valence-corrected chi connectivity index (χ1v) is 26.5. The average Bonchev–Trinajstić information content (AvgIpc) is 3.60. The van der Waals surface area contributed by atoms with Crippen LogP contribution in [-0.4, -0.2) is 0 Å². The molecular weight excluding hydrogens is 917 g/mol. The number of hydrogen-bond donors (Lipinski definition) is 0. The fraction of sp³-hybridized carbons (Fsp3) is 0.0270. The van der Waals surface area contributed by atoms with Gasteiger partial charge in [-0.25, -0.2) is 0 Å². The van der Waals surface area contributed by atoms with Crippen molar-refractivity contribution in [2.24, 2.45) is 0 Å². The van der Waals surface area contributed by atoms with Gasteiger partial charge >= 0.3 is 0 Å². The zero-order chi connectivity index (χ0) is 50.1. The van der Waals surface area contributed by atoms with E-state index in [1.165, 1.54) is 81.7 Å². The number of allylic oxidation sites excluding steroid dienone is 1. The summed E-state index contributed by atoms with van der Waals surface area (Å²) < 4.78 is 0. The van der Waals surface area contributed by atoms with Gasteiger partial charge in [0.1, 0.15) is 0 Å². The molecule has 0 bridgehead atoms. The molecule has 0 N–H and O–H groups in total. The molecule has 0 spiro atoms. The minimum atomic E-state index is 1.07. The standard InChI is InChI=1S/C74H50N2/c1-7-19-55-41-61(27-25-49(55)13-1)63-33-39-69-71(47-63)73(75(65-35-29-51-15-3-9-21-57(51)43-65)66-36-30-52-16-4-10-22-58(52)44-66)70-40-34-64(62-28-26-50-14-2-8-20-56(50)42-62)48-72(70)74(69)76(67-37-31-53-17-5-11-23-59(53)45-67)68-38-32-54-18-6-12-24-60(54)46-68/h1,3-13,15-48H,2,14H2. The van der Waals surface area contributed by atoms with E-state index >= 15 is 0 Å². The third kappa shape index (κ3) is 7.57. The maximum absolute atomic E-state index is 2.54. The Bertz CT molecular complexity index is 4520. The molecule has 0 amide bonds. The summed E-state index contributed by atoms with van der Waals surface area (Å²) in [6.07, 6.45) is 6.76. The topological polar surface area (TPSA) is 6.48 Å². The van der Waals surface area contributed by atoms with Crippen LogP contribution in [0, 0.1) is 0 Å². The lowest BCUT2D eigenvalue weighted by Gasteiger charge is -2.33. The van der Waals surface area contributed by atoms with Crippen molar-refractivity contribution in [1.29, 1.82) is 0 Å².